The summed E-state index contributed by atoms with van der Waals surface area (Å²) in [5.74, 6) is 0.0134. The Morgan fingerprint density at radius 1 is 1.38 bits per heavy atom. The van der Waals surface area contributed by atoms with E-state index in [4.69, 9.17) is 5.11 Å². The zero-order chi connectivity index (χ0) is 11.4. The minimum Gasteiger partial charge on any atom is -0.508 e. The summed E-state index contributed by atoms with van der Waals surface area (Å²) < 4.78 is 1.54. The first kappa shape index (κ1) is 10.2. The van der Waals surface area contributed by atoms with Gasteiger partial charge in [0.15, 0.2) is 0 Å². The van der Waals surface area contributed by atoms with Gasteiger partial charge in [-0.3, -0.25) is 9.48 Å². The highest BCUT2D eigenvalue weighted by atomic mass is 16.3. The summed E-state index contributed by atoms with van der Waals surface area (Å²) in [6, 6.07) is 8.06. The molecule has 0 spiro atoms. The van der Waals surface area contributed by atoms with Crippen LogP contribution in [0.4, 0.5) is 5.69 Å². The van der Waals surface area contributed by atoms with E-state index in [1.54, 1.807) is 30.6 Å². The molecule has 82 valence electrons. The maximum absolute atomic E-state index is 11.5. The Morgan fingerprint density at radius 3 is 2.75 bits per heavy atom. The third-order valence-corrected chi connectivity index (χ3v) is 2.02. The highest BCUT2D eigenvalue weighted by Gasteiger charge is 2.03. The Bertz CT molecular complexity index is 462. The van der Waals surface area contributed by atoms with Crippen molar-refractivity contribution < 1.29 is 9.90 Å². The second-order valence-corrected chi connectivity index (χ2v) is 3.30. The van der Waals surface area contributed by atoms with Crippen LogP contribution in [0, 0.1) is 0 Å². The summed E-state index contributed by atoms with van der Waals surface area (Å²) >= 11 is 0. The maximum atomic E-state index is 11.5. The van der Waals surface area contributed by atoms with Crippen LogP contribution in [0.25, 0.3) is 0 Å². The van der Waals surface area contributed by atoms with Crippen LogP contribution in [0.15, 0.2) is 42.7 Å². The highest BCUT2D eigenvalue weighted by molar-refractivity contribution is 5.90. The number of amides is 1. The van der Waals surface area contributed by atoms with Gasteiger partial charge in [0.25, 0.3) is 0 Å². The van der Waals surface area contributed by atoms with E-state index in [-0.39, 0.29) is 18.2 Å². The molecule has 5 heteroatoms. The van der Waals surface area contributed by atoms with Gasteiger partial charge in [0.2, 0.25) is 5.91 Å². The Balaban J connectivity index is 1.95. The van der Waals surface area contributed by atoms with E-state index >= 15 is 0 Å². The van der Waals surface area contributed by atoms with Crippen molar-refractivity contribution in [1.29, 1.82) is 0 Å². The van der Waals surface area contributed by atoms with Crippen LogP contribution in [0.3, 0.4) is 0 Å². The standard InChI is InChI=1S/C11H11N3O2/c15-10-4-2-9(3-5-10)13-11(16)8-14-7-1-6-12-14/h1-7,15H,8H2,(H,13,16). The lowest BCUT2D eigenvalue weighted by Gasteiger charge is -2.05. The van der Waals surface area contributed by atoms with Crippen molar-refractivity contribution in [1.82, 2.24) is 9.78 Å². The number of hydrogen-bond acceptors (Lipinski definition) is 3. The summed E-state index contributed by atoms with van der Waals surface area (Å²) in [4.78, 5) is 11.5. The van der Waals surface area contributed by atoms with Gasteiger partial charge in [0.05, 0.1) is 0 Å². The second kappa shape index (κ2) is 4.48. The van der Waals surface area contributed by atoms with Gasteiger partial charge in [-0.15, -0.1) is 0 Å². The molecule has 0 atom stereocenters. The number of aromatic hydroxyl groups is 1. The van der Waals surface area contributed by atoms with Gasteiger partial charge >= 0.3 is 0 Å². The zero-order valence-electron chi connectivity index (χ0n) is 8.50. The molecule has 0 unspecified atom stereocenters. The van der Waals surface area contributed by atoms with Crippen LogP contribution in [0.2, 0.25) is 0 Å². The molecule has 0 fully saturated rings. The third kappa shape index (κ3) is 2.60. The molecule has 0 bridgehead atoms. The van der Waals surface area contributed by atoms with E-state index in [0.29, 0.717) is 5.69 Å². The molecular formula is C11H11N3O2. The van der Waals surface area contributed by atoms with Crippen LogP contribution in [0.1, 0.15) is 0 Å². The van der Waals surface area contributed by atoms with Gasteiger partial charge in [-0.1, -0.05) is 0 Å². The van der Waals surface area contributed by atoms with Crippen LogP contribution in [0.5, 0.6) is 5.75 Å². The first-order valence-electron chi connectivity index (χ1n) is 4.80. The summed E-state index contributed by atoms with van der Waals surface area (Å²) in [6.07, 6.45) is 3.34. The first-order valence-corrected chi connectivity index (χ1v) is 4.80. The molecule has 2 N–H and O–H groups in total. The number of carbonyl (C=O) groups excluding carboxylic acids is 1. The monoisotopic (exact) mass is 217 g/mol. The Kier molecular flexibility index (Phi) is 2.86. The molecule has 16 heavy (non-hydrogen) atoms. The Morgan fingerprint density at radius 2 is 2.12 bits per heavy atom. The van der Waals surface area contributed by atoms with Gasteiger partial charge in [-0.25, -0.2) is 0 Å². The molecular weight excluding hydrogens is 206 g/mol. The summed E-state index contributed by atoms with van der Waals surface area (Å²) in [5.41, 5.74) is 0.648. The van der Waals surface area contributed by atoms with E-state index in [2.05, 4.69) is 10.4 Å². The second-order valence-electron chi connectivity index (χ2n) is 3.30. The number of rotatable bonds is 3. The molecule has 0 aliphatic carbocycles. The van der Waals surface area contributed by atoms with Crippen LogP contribution >= 0.6 is 0 Å². The predicted octanol–water partition coefficient (Wildman–Crippen LogP) is 1.23. The van der Waals surface area contributed by atoms with Gasteiger partial charge in [-0.05, 0) is 30.3 Å². The molecule has 1 amide bonds. The molecule has 0 saturated heterocycles. The zero-order valence-corrected chi connectivity index (χ0v) is 8.50. The van der Waals surface area contributed by atoms with Crippen molar-refractivity contribution in [3.05, 3.63) is 42.7 Å². The Labute approximate surface area is 92.3 Å². The third-order valence-electron chi connectivity index (χ3n) is 2.02. The van der Waals surface area contributed by atoms with Crippen molar-refractivity contribution in [2.45, 2.75) is 6.54 Å². The van der Waals surface area contributed by atoms with E-state index in [0.717, 1.165) is 0 Å². The normalized spacial score (nSPS) is 10.0. The van der Waals surface area contributed by atoms with Crippen molar-refractivity contribution in [2.24, 2.45) is 0 Å². The lowest BCUT2D eigenvalue weighted by molar-refractivity contribution is -0.116. The number of hydrogen-bond donors (Lipinski definition) is 2. The van der Waals surface area contributed by atoms with Crippen LogP contribution in [-0.4, -0.2) is 20.8 Å². The summed E-state index contributed by atoms with van der Waals surface area (Å²) in [6.45, 7) is 0.174. The minimum absolute atomic E-state index is 0.158. The number of benzene rings is 1. The molecule has 0 aliphatic rings. The number of carbonyl (C=O) groups is 1. The number of phenolic OH excluding ortho intramolecular Hbond substituents is 1. The van der Waals surface area contributed by atoms with E-state index in [1.807, 2.05) is 0 Å². The molecule has 0 radical (unpaired) electrons. The minimum atomic E-state index is -0.158. The van der Waals surface area contributed by atoms with Crippen molar-refractivity contribution >= 4 is 11.6 Å². The molecule has 1 aromatic heterocycles. The fraction of sp³-hybridized carbons (Fsp3) is 0.0909. The van der Waals surface area contributed by atoms with Crippen molar-refractivity contribution in [3.8, 4) is 5.75 Å². The summed E-state index contributed by atoms with van der Waals surface area (Å²) in [5, 5.41) is 15.7. The Hall–Kier alpha value is -2.30. The SMILES string of the molecule is O=C(Cn1cccn1)Nc1ccc(O)cc1. The lowest BCUT2D eigenvalue weighted by atomic mass is 10.3. The van der Waals surface area contributed by atoms with Crippen molar-refractivity contribution in [3.63, 3.8) is 0 Å². The van der Waals surface area contributed by atoms with Gasteiger partial charge in [0, 0.05) is 18.1 Å². The van der Waals surface area contributed by atoms with Gasteiger partial charge < -0.3 is 10.4 Å². The number of phenols is 1. The first-order chi connectivity index (χ1) is 7.74. The molecule has 1 heterocycles. The van der Waals surface area contributed by atoms with Crippen LogP contribution < -0.4 is 5.32 Å². The smallest absolute Gasteiger partial charge is 0.246 e. The van der Waals surface area contributed by atoms with Crippen molar-refractivity contribution in [2.75, 3.05) is 5.32 Å². The molecule has 2 aromatic rings. The predicted molar refractivity (Wildman–Crippen MR) is 59.0 cm³/mol. The number of aromatic nitrogens is 2. The fourth-order valence-corrected chi connectivity index (χ4v) is 1.29. The lowest BCUT2D eigenvalue weighted by Crippen LogP contribution is -2.18. The van der Waals surface area contributed by atoms with E-state index in [1.165, 1.54) is 16.8 Å². The number of nitrogens with one attached hydrogen (secondary N) is 1. The number of anilines is 1. The van der Waals surface area contributed by atoms with Crippen LogP contribution in [-0.2, 0) is 11.3 Å². The summed E-state index contributed by atoms with van der Waals surface area (Å²) in [7, 11) is 0. The largest absolute Gasteiger partial charge is 0.508 e. The average molecular weight is 217 g/mol. The fourth-order valence-electron chi connectivity index (χ4n) is 1.29. The van der Waals surface area contributed by atoms with E-state index in [9.17, 15) is 4.79 Å². The molecule has 2 rings (SSSR count). The average Bonchev–Trinajstić information content (AvgIpc) is 2.74. The maximum Gasteiger partial charge on any atom is 0.246 e. The molecule has 0 saturated carbocycles. The highest BCUT2D eigenvalue weighted by Crippen LogP contribution is 2.13. The quantitative estimate of drug-likeness (QED) is 0.760. The number of nitrogens with zero attached hydrogens (tertiary/aromatic N) is 2. The van der Waals surface area contributed by atoms with Gasteiger partial charge in [0.1, 0.15) is 12.3 Å². The van der Waals surface area contributed by atoms with Gasteiger partial charge in [-0.2, -0.15) is 5.10 Å². The topological polar surface area (TPSA) is 67.2 Å². The van der Waals surface area contributed by atoms with E-state index < -0.39 is 0 Å². The molecule has 1 aromatic carbocycles. The molecule has 0 aliphatic heterocycles. The molecule has 5 nitrogen and oxygen atoms in total.